The minimum atomic E-state index is -0.552. The lowest BCUT2D eigenvalue weighted by Crippen LogP contribution is -2.44. The zero-order valence-electron chi connectivity index (χ0n) is 17.8. The number of hydrogen-bond acceptors (Lipinski definition) is 5. The predicted octanol–water partition coefficient (Wildman–Crippen LogP) is 2.17. The number of hydrogen-bond donors (Lipinski definition) is 2. The molecule has 1 atom stereocenters. The van der Waals surface area contributed by atoms with Gasteiger partial charge in [0, 0.05) is 18.7 Å². The number of imide groups is 1. The molecule has 9 nitrogen and oxygen atoms in total. The summed E-state index contributed by atoms with van der Waals surface area (Å²) in [6.07, 6.45) is 6.74. The maximum atomic E-state index is 12.9. The van der Waals surface area contributed by atoms with Crippen molar-refractivity contribution in [3.8, 4) is 5.88 Å². The van der Waals surface area contributed by atoms with Crippen molar-refractivity contribution in [1.82, 2.24) is 20.0 Å². The molecule has 168 valence electrons. The van der Waals surface area contributed by atoms with Crippen LogP contribution in [0.15, 0.2) is 36.5 Å². The molecular weight excluding hydrogens is 410 g/mol. The highest BCUT2D eigenvalue weighted by Gasteiger charge is 2.43. The fourth-order valence-corrected chi connectivity index (χ4v) is 4.62. The molecule has 5 rings (SSSR count). The van der Waals surface area contributed by atoms with Crippen molar-refractivity contribution in [3.05, 3.63) is 47.7 Å². The molecule has 2 heterocycles. The summed E-state index contributed by atoms with van der Waals surface area (Å²) < 4.78 is 7.80. The molecule has 2 aromatic rings. The maximum Gasteiger partial charge on any atom is 0.325 e. The Morgan fingerprint density at radius 3 is 2.41 bits per heavy atom. The molecule has 9 heteroatoms. The van der Waals surface area contributed by atoms with Gasteiger partial charge in [-0.15, -0.1) is 5.10 Å². The van der Waals surface area contributed by atoms with Crippen LogP contribution in [0.25, 0.3) is 0 Å². The molecule has 2 aliphatic carbocycles. The van der Waals surface area contributed by atoms with E-state index in [0.29, 0.717) is 43.7 Å². The Balaban J connectivity index is 1.19. The molecular formula is C23H27N5O4. The Morgan fingerprint density at radius 2 is 1.75 bits per heavy atom. The van der Waals surface area contributed by atoms with E-state index < -0.39 is 11.9 Å². The molecule has 0 radical (unpaired) electrons. The van der Waals surface area contributed by atoms with Gasteiger partial charge in [-0.3, -0.25) is 19.2 Å². The average Bonchev–Trinajstić information content (AvgIpc) is 3.49. The number of primary amides is 1. The van der Waals surface area contributed by atoms with Crippen molar-refractivity contribution in [2.75, 3.05) is 0 Å². The number of urea groups is 1. The topological polar surface area (TPSA) is 120 Å². The van der Waals surface area contributed by atoms with Crippen LogP contribution in [0.4, 0.5) is 4.79 Å². The number of aromatic nitrogens is 2. The smallest absolute Gasteiger partial charge is 0.325 e. The quantitative estimate of drug-likeness (QED) is 0.644. The summed E-state index contributed by atoms with van der Waals surface area (Å²) in [6.45, 7) is 0. The van der Waals surface area contributed by atoms with Gasteiger partial charge in [-0.05, 0) is 44.1 Å². The SMILES string of the molecule is NC(=O)c1cn(C2CC2)nc1O[C@H]1CC[C@H](N2C(=O)NC(Cc3ccccc3)C2=O)CC1. The summed E-state index contributed by atoms with van der Waals surface area (Å²) in [5.74, 6) is -0.433. The second-order valence-electron chi connectivity index (χ2n) is 8.87. The number of amides is 4. The van der Waals surface area contributed by atoms with E-state index in [9.17, 15) is 14.4 Å². The van der Waals surface area contributed by atoms with E-state index in [4.69, 9.17) is 10.5 Å². The molecule has 1 aromatic carbocycles. The number of nitrogens with one attached hydrogen (secondary N) is 1. The fourth-order valence-electron chi connectivity index (χ4n) is 4.62. The van der Waals surface area contributed by atoms with Crippen LogP contribution < -0.4 is 15.8 Å². The zero-order valence-corrected chi connectivity index (χ0v) is 17.8. The van der Waals surface area contributed by atoms with E-state index in [-0.39, 0.29) is 30.0 Å². The highest BCUT2D eigenvalue weighted by molar-refractivity contribution is 6.04. The highest BCUT2D eigenvalue weighted by Crippen LogP contribution is 2.36. The first kappa shape index (κ1) is 20.5. The summed E-state index contributed by atoms with van der Waals surface area (Å²) in [7, 11) is 0. The number of nitrogens with zero attached hydrogens (tertiary/aromatic N) is 3. The fraction of sp³-hybridized carbons (Fsp3) is 0.478. The third kappa shape index (κ3) is 4.06. The average molecular weight is 438 g/mol. The first-order valence-corrected chi connectivity index (χ1v) is 11.2. The molecule has 4 amide bonds. The molecule has 1 aliphatic heterocycles. The normalized spacial score (nSPS) is 25.6. The number of rotatable bonds is 7. The first-order chi connectivity index (χ1) is 15.5. The van der Waals surface area contributed by atoms with Crippen LogP contribution in [0.1, 0.15) is 60.5 Å². The molecule has 3 N–H and O–H groups in total. The van der Waals surface area contributed by atoms with Gasteiger partial charge < -0.3 is 15.8 Å². The largest absolute Gasteiger partial charge is 0.473 e. The van der Waals surface area contributed by atoms with Gasteiger partial charge in [0.25, 0.3) is 11.8 Å². The van der Waals surface area contributed by atoms with Crippen LogP contribution in [0.3, 0.4) is 0 Å². The second-order valence-corrected chi connectivity index (χ2v) is 8.87. The van der Waals surface area contributed by atoms with Gasteiger partial charge in [-0.25, -0.2) is 4.79 Å². The third-order valence-corrected chi connectivity index (χ3v) is 6.51. The maximum absolute atomic E-state index is 12.9. The van der Waals surface area contributed by atoms with Crippen LogP contribution in [-0.4, -0.2) is 50.7 Å². The van der Waals surface area contributed by atoms with Gasteiger partial charge in [0.15, 0.2) is 0 Å². The van der Waals surface area contributed by atoms with E-state index in [1.807, 2.05) is 30.3 Å². The lowest BCUT2D eigenvalue weighted by Gasteiger charge is -2.32. The van der Waals surface area contributed by atoms with E-state index in [1.165, 1.54) is 4.90 Å². The standard InChI is InChI=1S/C23H27N5O4/c24-20(29)18-13-27(15-6-7-15)26-21(18)32-17-10-8-16(9-11-17)28-22(30)19(25-23(28)31)12-14-4-2-1-3-5-14/h1-5,13,15-17,19H,6-12H2,(H2,24,29)(H,25,31)/t16-,17-,19?. The van der Waals surface area contributed by atoms with E-state index in [0.717, 1.165) is 18.4 Å². The Labute approximate surface area is 185 Å². The molecule has 1 unspecified atom stereocenters. The minimum Gasteiger partial charge on any atom is -0.473 e. The zero-order chi connectivity index (χ0) is 22.2. The molecule has 0 bridgehead atoms. The molecule has 1 aromatic heterocycles. The monoisotopic (exact) mass is 437 g/mol. The Morgan fingerprint density at radius 1 is 1.06 bits per heavy atom. The molecule has 3 fully saturated rings. The molecule has 1 saturated heterocycles. The van der Waals surface area contributed by atoms with E-state index in [2.05, 4.69) is 10.4 Å². The number of ether oxygens (including phenoxy) is 1. The van der Waals surface area contributed by atoms with Crippen LogP contribution in [0.5, 0.6) is 5.88 Å². The molecule has 2 saturated carbocycles. The number of carbonyl (C=O) groups excluding carboxylic acids is 3. The van der Waals surface area contributed by atoms with E-state index >= 15 is 0 Å². The predicted molar refractivity (Wildman–Crippen MR) is 115 cm³/mol. The summed E-state index contributed by atoms with van der Waals surface area (Å²) in [5.41, 5.74) is 6.81. The number of carbonyl (C=O) groups is 3. The van der Waals surface area contributed by atoms with Crippen LogP contribution in [0.2, 0.25) is 0 Å². The van der Waals surface area contributed by atoms with Crippen molar-refractivity contribution < 1.29 is 19.1 Å². The van der Waals surface area contributed by atoms with Crippen LogP contribution in [-0.2, 0) is 11.2 Å². The van der Waals surface area contributed by atoms with Crippen molar-refractivity contribution in [2.24, 2.45) is 5.73 Å². The Kier molecular flexibility index (Phi) is 5.32. The summed E-state index contributed by atoms with van der Waals surface area (Å²) in [5, 5.41) is 7.25. The molecule has 0 spiro atoms. The van der Waals surface area contributed by atoms with Gasteiger partial charge in [-0.1, -0.05) is 30.3 Å². The summed E-state index contributed by atoms with van der Waals surface area (Å²) in [6, 6.07) is 9.01. The van der Waals surface area contributed by atoms with Gasteiger partial charge in [-0.2, -0.15) is 0 Å². The highest BCUT2D eigenvalue weighted by atomic mass is 16.5. The second kappa shape index (κ2) is 8.29. The Bertz CT molecular complexity index is 1020. The van der Waals surface area contributed by atoms with Gasteiger partial charge >= 0.3 is 6.03 Å². The summed E-state index contributed by atoms with van der Waals surface area (Å²) in [4.78, 5) is 38.6. The lowest BCUT2D eigenvalue weighted by molar-refractivity contribution is -0.129. The van der Waals surface area contributed by atoms with Crippen molar-refractivity contribution in [1.29, 1.82) is 0 Å². The van der Waals surface area contributed by atoms with Crippen LogP contribution >= 0.6 is 0 Å². The molecule has 32 heavy (non-hydrogen) atoms. The lowest BCUT2D eigenvalue weighted by atomic mass is 9.91. The van der Waals surface area contributed by atoms with Gasteiger partial charge in [0.1, 0.15) is 17.7 Å². The molecule has 3 aliphatic rings. The van der Waals surface area contributed by atoms with E-state index in [1.54, 1.807) is 10.9 Å². The number of benzene rings is 1. The summed E-state index contributed by atoms with van der Waals surface area (Å²) >= 11 is 0. The first-order valence-electron chi connectivity index (χ1n) is 11.2. The van der Waals surface area contributed by atoms with Crippen LogP contribution in [0, 0.1) is 0 Å². The minimum absolute atomic E-state index is 0.132. The Hall–Kier alpha value is -3.36. The van der Waals surface area contributed by atoms with Crippen molar-refractivity contribution in [2.45, 2.75) is 69.2 Å². The number of nitrogens with two attached hydrogens (primary N) is 1. The van der Waals surface area contributed by atoms with Gasteiger partial charge in [0.2, 0.25) is 5.88 Å². The third-order valence-electron chi connectivity index (χ3n) is 6.51. The van der Waals surface area contributed by atoms with Crippen molar-refractivity contribution in [3.63, 3.8) is 0 Å². The van der Waals surface area contributed by atoms with Crippen molar-refractivity contribution >= 4 is 17.8 Å². The van der Waals surface area contributed by atoms with Gasteiger partial charge in [0.05, 0.1) is 6.04 Å².